The van der Waals surface area contributed by atoms with Gasteiger partial charge in [-0.25, -0.2) is 13.1 Å². The number of aryl methyl sites for hydroxylation is 1. The van der Waals surface area contributed by atoms with Crippen LogP contribution in [0.2, 0.25) is 0 Å². The molecule has 1 heterocycles. The molecule has 0 aliphatic carbocycles. The van der Waals surface area contributed by atoms with Crippen LogP contribution in [0.3, 0.4) is 0 Å². The van der Waals surface area contributed by atoms with Gasteiger partial charge in [-0.2, -0.15) is 0 Å². The Balaban J connectivity index is 2.28. The van der Waals surface area contributed by atoms with E-state index < -0.39 is 10.0 Å². The minimum absolute atomic E-state index is 0.171. The Kier molecular flexibility index (Phi) is 5.03. The average molecular weight is 313 g/mol. The van der Waals surface area contributed by atoms with Crippen LogP contribution in [0.15, 0.2) is 17.0 Å². The quantitative estimate of drug-likeness (QED) is 0.864. The van der Waals surface area contributed by atoms with E-state index in [1.807, 2.05) is 19.9 Å². The van der Waals surface area contributed by atoms with E-state index in [4.69, 9.17) is 4.74 Å². The van der Waals surface area contributed by atoms with Crippen LogP contribution in [0.5, 0.6) is 0 Å². The van der Waals surface area contributed by atoms with Crippen molar-refractivity contribution >= 4 is 10.0 Å². The summed E-state index contributed by atoms with van der Waals surface area (Å²) in [6.07, 6.45) is 0.873. The Morgan fingerprint density at radius 2 is 2.14 bits per heavy atom. The molecule has 1 fully saturated rings. The maximum atomic E-state index is 12.6. The van der Waals surface area contributed by atoms with Gasteiger partial charge in [0.2, 0.25) is 10.0 Å². The van der Waals surface area contributed by atoms with Gasteiger partial charge in [0.1, 0.15) is 0 Å². The van der Waals surface area contributed by atoms with E-state index in [1.54, 1.807) is 13.0 Å². The summed E-state index contributed by atoms with van der Waals surface area (Å²) in [6, 6.07) is 3.18. The Morgan fingerprint density at radius 1 is 1.43 bits per heavy atom. The molecule has 21 heavy (non-hydrogen) atoms. The lowest BCUT2D eigenvalue weighted by Gasteiger charge is -2.20. The van der Waals surface area contributed by atoms with Crippen molar-refractivity contribution in [3.8, 4) is 0 Å². The predicted molar refractivity (Wildman–Crippen MR) is 80.5 cm³/mol. The van der Waals surface area contributed by atoms with Crippen LogP contribution in [0, 0.1) is 19.8 Å². The summed E-state index contributed by atoms with van der Waals surface area (Å²) in [4.78, 5) is 0.248. The second-order valence-electron chi connectivity index (χ2n) is 5.73. The molecule has 0 spiro atoms. The van der Waals surface area contributed by atoms with Crippen molar-refractivity contribution in [1.82, 2.24) is 4.72 Å². The van der Waals surface area contributed by atoms with Crippen LogP contribution in [-0.2, 0) is 21.4 Å². The molecule has 0 radical (unpaired) electrons. The van der Waals surface area contributed by atoms with E-state index in [0.717, 1.165) is 17.5 Å². The first kappa shape index (κ1) is 16.4. The second-order valence-corrected chi connectivity index (χ2v) is 7.41. The monoisotopic (exact) mass is 313 g/mol. The van der Waals surface area contributed by atoms with E-state index in [9.17, 15) is 13.5 Å². The summed E-state index contributed by atoms with van der Waals surface area (Å²) >= 11 is 0. The molecule has 1 aromatic rings. The maximum absolute atomic E-state index is 12.6. The Bertz CT molecular complexity index is 606. The fourth-order valence-electron chi connectivity index (χ4n) is 2.62. The van der Waals surface area contributed by atoms with Crippen LogP contribution in [-0.4, -0.2) is 32.8 Å². The van der Waals surface area contributed by atoms with Crippen molar-refractivity contribution in [2.75, 3.05) is 13.2 Å². The molecule has 2 unspecified atom stereocenters. The topological polar surface area (TPSA) is 75.6 Å². The first-order chi connectivity index (χ1) is 9.85. The highest BCUT2D eigenvalue weighted by atomic mass is 32.2. The lowest BCUT2D eigenvalue weighted by Crippen LogP contribution is -2.38. The molecule has 0 amide bonds. The molecule has 0 bridgehead atoms. The third kappa shape index (κ3) is 3.63. The molecule has 2 atom stereocenters. The number of rotatable bonds is 5. The largest absolute Gasteiger partial charge is 0.392 e. The third-order valence-corrected chi connectivity index (χ3v) is 5.85. The highest BCUT2D eigenvalue weighted by Crippen LogP contribution is 2.23. The molecule has 5 nitrogen and oxygen atoms in total. The molecule has 1 aliphatic heterocycles. The van der Waals surface area contributed by atoms with Gasteiger partial charge >= 0.3 is 0 Å². The second kappa shape index (κ2) is 6.44. The van der Waals surface area contributed by atoms with Crippen molar-refractivity contribution in [1.29, 1.82) is 0 Å². The van der Waals surface area contributed by atoms with Gasteiger partial charge in [0.05, 0.1) is 18.1 Å². The molecule has 2 rings (SSSR count). The molecule has 118 valence electrons. The Morgan fingerprint density at radius 3 is 2.71 bits per heavy atom. The zero-order valence-electron chi connectivity index (χ0n) is 12.7. The van der Waals surface area contributed by atoms with Crippen LogP contribution < -0.4 is 4.72 Å². The Hall–Kier alpha value is -0.950. The van der Waals surface area contributed by atoms with E-state index in [2.05, 4.69) is 4.72 Å². The van der Waals surface area contributed by atoms with E-state index in [1.165, 1.54) is 0 Å². The standard InChI is InChI=1S/C15H23NO4S/c1-10-6-13(8-17)7-15(11(10)2)21(18,19)16-12(3)14-4-5-20-9-14/h6-7,12,14,16-17H,4-5,8-9H2,1-3H3. The zero-order chi connectivity index (χ0) is 15.6. The number of hydrogen-bond donors (Lipinski definition) is 2. The Labute approximate surface area is 126 Å². The van der Waals surface area contributed by atoms with E-state index >= 15 is 0 Å². The van der Waals surface area contributed by atoms with Crippen LogP contribution >= 0.6 is 0 Å². The van der Waals surface area contributed by atoms with Crippen LogP contribution in [0.1, 0.15) is 30.0 Å². The van der Waals surface area contributed by atoms with Gasteiger partial charge in [-0.1, -0.05) is 6.07 Å². The molecule has 2 N–H and O–H groups in total. The van der Waals surface area contributed by atoms with Gasteiger partial charge in [0, 0.05) is 18.6 Å². The number of aliphatic hydroxyl groups excluding tert-OH is 1. The lowest BCUT2D eigenvalue weighted by molar-refractivity contribution is 0.180. The van der Waals surface area contributed by atoms with Gasteiger partial charge in [-0.05, 0) is 49.9 Å². The summed E-state index contributed by atoms with van der Waals surface area (Å²) in [5, 5.41) is 9.27. The summed E-state index contributed by atoms with van der Waals surface area (Å²) in [5.74, 6) is 0.210. The van der Waals surface area contributed by atoms with Gasteiger partial charge < -0.3 is 9.84 Å². The minimum Gasteiger partial charge on any atom is -0.392 e. The van der Waals surface area contributed by atoms with Gasteiger partial charge in [-0.3, -0.25) is 0 Å². The molecule has 0 aromatic heterocycles. The predicted octanol–water partition coefficient (Wildman–Crippen LogP) is 1.50. The number of nitrogens with one attached hydrogen (secondary N) is 1. The molecule has 0 saturated carbocycles. The smallest absolute Gasteiger partial charge is 0.241 e. The SMILES string of the molecule is Cc1cc(CO)cc(S(=O)(=O)NC(C)C2CCOC2)c1C. The highest BCUT2D eigenvalue weighted by Gasteiger charge is 2.28. The molecule has 6 heteroatoms. The minimum atomic E-state index is -3.60. The fourth-order valence-corrected chi connectivity index (χ4v) is 4.30. The van der Waals surface area contributed by atoms with Crippen molar-refractivity contribution in [3.05, 3.63) is 28.8 Å². The summed E-state index contributed by atoms with van der Waals surface area (Å²) in [6.45, 7) is 6.62. The van der Waals surface area contributed by atoms with Crippen molar-refractivity contribution in [2.24, 2.45) is 5.92 Å². The van der Waals surface area contributed by atoms with E-state index in [-0.39, 0.29) is 23.5 Å². The van der Waals surface area contributed by atoms with Crippen molar-refractivity contribution in [3.63, 3.8) is 0 Å². The third-order valence-electron chi connectivity index (χ3n) is 4.16. The van der Waals surface area contributed by atoms with Gasteiger partial charge in [0.25, 0.3) is 0 Å². The highest BCUT2D eigenvalue weighted by molar-refractivity contribution is 7.89. The van der Waals surface area contributed by atoms with E-state index in [0.29, 0.717) is 18.8 Å². The molecular formula is C15H23NO4S. The van der Waals surface area contributed by atoms with Gasteiger partial charge in [-0.15, -0.1) is 0 Å². The number of aliphatic hydroxyl groups is 1. The lowest BCUT2D eigenvalue weighted by atomic mass is 10.0. The fraction of sp³-hybridized carbons (Fsp3) is 0.600. The van der Waals surface area contributed by atoms with Crippen LogP contribution in [0.4, 0.5) is 0 Å². The summed E-state index contributed by atoms with van der Waals surface area (Å²) in [7, 11) is -3.60. The molecule has 1 saturated heterocycles. The first-order valence-corrected chi connectivity index (χ1v) is 8.64. The normalized spacial score (nSPS) is 20.7. The van der Waals surface area contributed by atoms with Gasteiger partial charge in [0.15, 0.2) is 0 Å². The number of ether oxygens (including phenoxy) is 1. The maximum Gasteiger partial charge on any atom is 0.241 e. The average Bonchev–Trinajstić information content (AvgIpc) is 2.95. The number of sulfonamides is 1. The molecule has 1 aliphatic rings. The number of benzene rings is 1. The number of hydrogen-bond acceptors (Lipinski definition) is 4. The van der Waals surface area contributed by atoms with Crippen LogP contribution in [0.25, 0.3) is 0 Å². The summed E-state index contributed by atoms with van der Waals surface area (Å²) < 4.78 is 33.3. The zero-order valence-corrected chi connectivity index (χ0v) is 13.5. The molecule has 1 aromatic carbocycles. The first-order valence-electron chi connectivity index (χ1n) is 7.16. The summed E-state index contributed by atoms with van der Waals surface area (Å²) in [5.41, 5.74) is 2.18. The van der Waals surface area contributed by atoms with Crippen molar-refractivity contribution < 1.29 is 18.3 Å². The molecular weight excluding hydrogens is 290 g/mol. The van der Waals surface area contributed by atoms with Crippen molar-refractivity contribution in [2.45, 2.75) is 44.7 Å².